The van der Waals surface area contributed by atoms with E-state index in [1.54, 1.807) is 13.0 Å². The number of fused-ring (bicyclic) bond motifs is 1. The number of piperidine rings is 1. The zero-order chi connectivity index (χ0) is 20.7. The van der Waals surface area contributed by atoms with Crippen LogP contribution >= 0.6 is 0 Å². The summed E-state index contributed by atoms with van der Waals surface area (Å²) in [7, 11) is 0. The van der Waals surface area contributed by atoms with Crippen molar-refractivity contribution < 1.29 is 14.7 Å². The summed E-state index contributed by atoms with van der Waals surface area (Å²) in [6.07, 6.45) is 3.15. The lowest BCUT2D eigenvalue weighted by atomic mass is 9.77. The van der Waals surface area contributed by atoms with Crippen LogP contribution in [0.2, 0.25) is 0 Å². The van der Waals surface area contributed by atoms with E-state index >= 15 is 0 Å². The van der Waals surface area contributed by atoms with E-state index in [1.165, 1.54) is 6.20 Å². The van der Waals surface area contributed by atoms with Crippen LogP contribution in [0.1, 0.15) is 31.1 Å². The van der Waals surface area contributed by atoms with Gasteiger partial charge in [0.15, 0.2) is 0 Å². The fourth-order valence-corrected chi connectivity index (χ4v) is 4.63. The van der Waals surface area contributed by atoms with Crippen LogP contribution in [-0.2, 0) is 4.79 Å². The molecular formula is C22H24N4O3. The lowest BCUT2D eigenvalue weighted by Gasteiger charge is -2.41. The van der Waals surface area contributed by atoms with Gasteiger partial charge in [-0.1, -0.05) is 19.9 Å². The fourth-order valence-electron chi connectivity index (χ4n) is 4.63. The molecule has 3 atom stereocenters. The largest absolute Gasteiger partial charge is 0.478 e. The van der Waals surface area contributed by atoms with Gasteiger partial charge in [0, 0.05) is 42.4 Å². The van der Waals surface area contributed by atoms with Crippen molar-refractivity contribution >= 4 is 28.6 Å². The number of carboxylic acids is 1. The number of aromatic amines is 1. The first-order chi connectivity index (χ1) is 13.8. The van der Waals surface area contributed by atoms with Gasteiger partial charge in [0.2, 0.25) is 0 Å². The monoisotopic (exact) mass is 392 g/mol. The number of carbonyl (C=O) groups is 2. The third kappa shape index (κ3) is 3.48. The molecular weight excluding hydrogens is 368 g/mol. The Bertz CT molecular complexity index is 1080. The number of anilines is 1. The smallest absolute Gasteiger partial charge is 0.337 e. The first kappa shape index (κ1) is 19.1. The maximum absolute atomic E-state index is 12.0. The molecule has 0 saturated carbocycles. The molecule has 0 aliphatic carbocycles. The van der Waals surface area contributed by atoms with Crippen LogP contribution in [0.25, 0.3) is 22.3 Å². The molecule has 0 aromatic carbocycles. The second-order valence-electron chi connectivity index (χ2n) is 8.00. The van der Waals surface area contributed by atoms with E-state index in [2.05, 4.69) is 28.7 Å². The standard InChI is InChI=1S/C22H24N4O3/c1-12-10-26(11-13(2)20(12)14(3)27)19-6-4-5-18(25-19)17-9-24-21-16(17)7-15(8-23-21)22(28)29/h4-9,12-13,20H,10-11H2,1-3H3,(H,23,24)(H,28,29)/t12-,13+,20?. The van der Waals surface area contributed by atoms with Gasteiger partial charge in [-0.3, -0.25) is 4.79 Å². The third-order valence-electron chi connectivity index (χ3n) is 5.82. The SMILES string of the molecule is CC(=O)C1[C@H](C)CN(c2cccc(-c3c[nH]c4ncc(C(=O)O)cc34)n2)C[C@@H]1C. The van der Waals surface area contributed by atoms with E-state index in [-0.39, 0.29) is 29.1 Å². The second kappa shape index (κ2) is 7.31. The minimum atomic E-state index is -1.01. The Kier molecular flexibility index (Phi) is 4.82. The van der Waals surface area contributed by atoms with Crippen LogP contribution < -0.4 is 4.90 Å². The summed E-state index contributed by atoms with van der Waals surface area (Å²) < 4.78 is 0. The quantitative estimate of drug-likeness (QED) is 0.704. The van der Waals surface area contributed by atoms with E-state index in [0.717, 1.165) is 35.6 Å². The summed E-state index contributed by atoms with van der Waals surface area (Å²) >= 11 is 0. The molecule has 29 heavy (non-hydrogen) atoms. The van der Waals surface area contributed by atoms with Crippen molar-refractivity contribution in [3.8, 4) is 11.3 Å². The Morgan fingerprint density at radius 2 is 1.93 bits per heavy atom. The van der Waals surface area contributed by atoms with E-state index in [9.17, 15) is 14.7 Å². The summed E-state index contributed by atoms with van der Waals surface area (Å²) in [6, 6.07) is 7.46. The second-order valence-corrected chi connectivity index (χ2v) is 8.00. The summed E-state index contributed by atoms with van der Waals surface area (Å²) in [6.45, 7) is 7.49. The predicted octanol–water partition coefficient (Wildman–Crippen LogP) is 3.62. The molecule has 0 bridgehead atoms. The molecule has 0 amide bonds. The van der Waals surface area contributed by atoms with Gasteiger partial charge in [-0.05, 0) is 37.0 Å². The Labute approximate surface area is 168 Å². The topological polar surface area (TPSA) is 99.2 Å². The van der Waals surface area contributed by atoms with E-state index in [0.29, 0.717) is 5.65 Å². The van der Waals surface area contributed by atoms with Crippen molar-refractivity contribution in [3.05, 3.63) is 42.2 Å². The fraction of sp³-hybridized carbons (Fsp3) is 0.364. The van der Waals surface area contributed by atoms with E-state index in [4.69, 9.17) is 4.98 Å². The number of carbonyl (C=O) groups excluding carboxylic acids is 1. The number of hydrogen-bond acceptors (Lipinski definition) is 5. The Balaban J connectivity index is 1.68. The third-order valence-corrected chi connectivity index (χ3v) is 5.82. The summed E-state index contributed by atoms with van der Waals surface area (Å²) in [4.78, 5) is 37.7. The molecule has 1 aliphatic heterocycles. The highest BCUT2D eigenvalue weighted by molar-refractivity contribution is 5.98. The Hall–Kier alpha value is -3.22. The molecule has 3 aromatic heterocycles. The van der Waals surface area contributed by atoms with Crippen molar-refractivity contribution in [2.75, 3.05) is 18.0 Å². The molecule has 1 fully saturated rings. The highest BCUT2D eigenvalue weighted by atomic mass is 16.4. The number of ketones is 1. The molecule has 4 rings (SSSR count). The molecule has 4 heterocycles. The number of aromatic carboxylic acids is 1. The van der Waals surface area contributed by atoms with Crippen LogP contribution in [0.4, 0.5) is 5.82 Å². The summed E-state index contributed by atoms with van der Waals surface area (Å²) in [5, 5.41) is 10.00. The molecule has 150 valence electrons. The van der Waals surface area contributed by atoms with Gasteiger partial charge in [0.25, 0.3) is 0 Å². The minimum Gasteiger partial charge on any atom is -0.478 e. The summed E-state index contributed by atoms with van der Waals surface area (Å²) in [5.41, 5.74) is 2.34. The van der Waals surface area contributed by atoms with Crippen LogP contribution in [-0.4, -0.2) is 44.9 Å². The van der Waals surface area contributed by atoms with Crippen molar-refractivity contribution in [3.63, 3.8) is 0 Å². The van der Waals surface area contributed by atoms with Gasteiger partial charge < -0.3 is 15.0 Å². The lowest BCUT2D eigenvalue weighted by molar-refractivity contribution is -0.124. The highest BCUT2D eigenvalue weighted by Crippen LogP contribution is 2.33. The van der Waals surface area contributed by atoms with E-state index < -0.39 is 5.97 Å². The highest BCUT2D eigenvalue weighted by Gasteiger charge is 2.35. The maximum atomic E-state index is 12.0. The Morgan fingerprint density at radius 3 is 2.59 bits per heavy atom. The van der Waals surface area contributed by atoms with Gasteiger partial charge >= 0.3 is 5.97 Å². The van der Waals surface area contributed by atoms with Crippen molar-refractivity contribution in [1.82, 2.24) is 15.0 Å². The number of rotatable bonds is 4. The van der Waals surface area contributed by atoms with Crippen molar-refractivity contribution in [1.29, 1.82) is 0 Å². The predicted molar refractivity (Wildman–Crippen MR) is 111 cm³/mol. The molecule has 2 N–H and O–H groups in total. The number of aromatic nitrogens is 3. The van der Waals surface area contributed by atoms with Crippen molar-refractivity contribution in [2.24, 2.45) is 17.8 Å². The van der Waals surface area contributed by atoms with Crippen LogP contribution in [0.15, 0.2) is 36.7 Å². The molecule has 0 radical (unpaired) electrons. The van der Waals surface area contributed by atoms with Gasteiger partial charge in [0.1, 0.15) is 17.2 Å². The van der Waals surface area contributed by atoms with Gasteiger partial charge in [0.05, 0.1) is 11.3 Å². The molecule has 7 nitrogen and oxygen atoms in total. The average Bonchev–Trinajstić information content (AvgIpc) is 3.10. The lowest BCUT2D eigenvalue weighted by Crippen LogP contribution is -2.47. The van der Waals surface area contributed by atoms with Crippen LogP contribution in [0.5, 0.6) is 0 Å². The normalized spacial score (nSPS) is 22.0. The molecule has 0 spiro atoms. The zero-order valence-electron chi connectivity index (χ0n) is 16.7. The first-order valence-electron chi connectivity index (χ1n) is 9.78. The maximum Gasteiger partial charge on any atom is 0.337 e. The molecule has 7 heteroatoms. The number of Topliss-reactive ketones (excluding diaryl/α,β-unsaturated/α-hetero) is 1. The number of pyridine rings is 2. The molecule has 1 unspecified atom stereocenters. The number of nitrogens with zero attached hydrogens (tertiary/aromatic N) is 3. The molecule has 1 saturated heterocycles. The van der Waals surface area contributed by atoms with Crippen molar-refractivity contribution in [2.45, 2.75) is 20.8 Å². The average molecular weight is 392 g/mol. The number of nitrogens with one attached hydrogen (secondary N) is 1. The number of carboxylic acid groups (broad SMARTS) is 1. The van der Waals surface area contributed by atoms with Crippen LogP contribution in [0, 0.1) is 17.8 Å². The number of H-pyrrole nitrogens is 1. The Morgan fingerprint density at radius 1 is 1.21 bits per heavy atom. The van der Waals surface area contributed by atoms with Gasteiger partial charge in [-0.25, -0.2) is 14.8 Å². The summed E-state index contributed by atoms with van der Waals surface area (Å²) in [5.74, 6) is 0.717. The van der Waals surface area contributed by atoms with Crippen LogP contribution in [0.3, 0.4) is 0 Å². The zero-order valence-corrected chi connectivity index (χ0v) is 16.7. The van der Waals surface area contributed by atoms with E-state index in [1.807, 2.05) is 24.4 Å². The minimum absolute atomic E-state index is 0.0866. The van der Waals surface area contributed by atoms with Gasteiger partial charge in [-0.15, -0.1) is 0 Å². The molecule has 1 aliphatic rings. The number of hydrogen-bond donors (Lipinski definition) is 2. The molecule has 3 aromatic rings. The van der Waals surface area contributed by atoms with Gasteiger partial charge in [-0.2, -0.15) is 0 Å². The first-order valence-corrected chi connectivity index (χ1v) is 9.78.